The van der Waals surface area contributed by atoms with E-state index in [2.05, 4.69) is 44.1 Å². The molecule has 1 N–H and O–H groups in total. The van der Waals surface area contributed by atoms with Crippen molar-refractivity contribution in [2.45, 2.75) is 45.4 Å². The van der Waals surface area contributed by atoms with Crippen molar-refractivity contribution in [1.82, 2.24) is 9.38 Å². The molecule has 1 aliphatic carbocycles. The minimum absolute atomic E-state index is 0.0172. The smallest absolute Gasteiger partial charge is 0.212 e. The Hall–Kier alpha value is -3.78. The van der Waals surface area contributed by atoms with E-state index in [4.69, 9.17) is 19.2 Å². The number of pyridine rings is 1. The van der Waals surface area contributed by atoms with Gasteiger partial charge in [-0.05, 0) is 60.2 Å². The normalized spacial score (nSPS) is 15.7. The van der Waals surface area contributed by atoms with E-state index in [1.54, 1.807) is 13.3 Å². The number of nitrogens with zero attached hydrogens (tertiary/aromatic N) is 3. The number of ketones is 1. The van der Waals surface area contributed by atoms with Crippen molar-refractivity contribution in [1.29, 1.82) is 0 Å². The van der Waals surface area contributed by atoms with Gasteiger partial charge in [-0.3, -0.25) is 9.20 Å². The van der Waals surface area contributed by atoms with Crippen molar-refractivity contribution in [3.05, 3.63) is 66.6 Å². The third-order valence-electron chi connectivity index (χ3n) is 7.49. The number of fused-ring (bicyclic) bond motifs is 1. The molecule has 212 valence electrons. The van der Waals surface area contributed by atoms with Crippen molar-refractivity contribution in [3.8, 4) is 11.5 Å². The summed E-state index contributed by atoms with van der Waals surface area (Å²) in [5, 5.41) is 3.10. The Bertz CT molecular complexity index is 1420. The Kier molecular flexibility index (Phi) is 7.90. The fourth-order valence-corrected chi connectivity index (χ4v) is 5.07. The van der Waals surface area contributed by atoms with Crippen LogP contribution in [0.1, 0.15) is 61.6 Å². The Morgan fingerprint density at radius 1 is 1.23 bits per heavy atom. The largest absolute Gasteiger partial charge is 0.494 e. The topological polar surface area (TPSA) is 77.3 Å². The van der Waals surface area contributed by atoms with Gasteiger partial charge in [-0.25, -0.2) is 4.98 Å². The number of hydrogen-bond donors (Lipinski definition) is 1. The first-order chi connectivity index (χ1) is 19.2. The predicted molar refractivity (Wildman–Crippen MR) is 160 cm³/mol. The molecule has 0 unspecified atom stereocenters. The van der Waals surface area contributed by atoms with Crippen molar-refractivity contribution < 1.29 is 19.0 Å². The number of imidazole rings is 1. The molecule has 0 amide bonds. The Morgan fingerprint density at radius 3 is 2.62 bits per heavy atom. The van der Waals surface area contributed by atoms with E-state index in [0.717, 1.165) is 48.0 Å². The van der Waals surface area contributed by atoms with Crippen LogP contribution in [0.5, 0.6) is 11.5 Å². The minimum atomic E-state index is -0.218. The molecular weight excluding hydrogens is 504 g/mol. The summed E-state index contributed by atoms with van der Waals surface area (Å²) in [4.78, 5) is 20.8. The number of morpholine rings is 1. The van der Waals surface area contributed by atoms with E-state index in [9.17, 15) is 4.79 Å². The minimum Gasteiger partial charge on any atom is -0.494 e. The summed E-state index contributed by atoms with van der Waals surface area (Å²) in [6.07, 6.45) is 6.10. The maximum Gasteiger partial charge on any atom is 0.212 e. The van der Waals surface area contributed by atoms with Gasteiger partial charge in [0.15, 0.2) is 5.78 Å². The van der Waals surface area contributed by atoms with E-state index in [1.807, 2.05) is 34.9 Å². The molecule has 40 heavy (non-hydrogen) atoms. The molecule has 2 aromatic heterocycles. The number of allylic oxidation sites excluding steroid dienone is 1. The molecule has 0 radical (unpaired) electrons. The third-order valence-corrected chi connectivity index (χ3v) is 7.49. The number of benzene rings is 1. The third kappa shape index (κ3) is 5.87. The number of nitrogens with one attached hydrogen (secondary N) is 1. The maximum absolute atomic E-state index is 13.8. The van der Waals surface area contributed by atoms with Gasteiger partial charge in [0.2, 0.25) is 5.95 Å². The number of hydrogen-bond acceptors (Lipinski definition) is 7. The van der Waals surface area contributed by atoms with Gasteiger partial charge in [0.1, 0.15) is 11.5 Å². The first-order valence-electron chi connectivity index (χ1n) is 14.0. The summed E-state index contributed by atoms with van der Waals surface area (Å²) in [7, 11) is 1.69. The first-order valence-corrected chi connectivity index (χ1v) is 14.0. The number of anilines is 2. The second-order valence-electron chi connectivity index (χ2n) is 11.6. The number of aromatic nitrogens is 2. The van der Waals surface area contributed by atoms with Crippen LogP contribution in [0.3, 0.4) is 0 Å². The maximum atomic E-state index is 13.8. The number of ether oxygens (including phenoxy) is 3. The van der Waals surface area contributed by atoms with Gasteiger partial charge in [-0.2, -0.15) is 0 Å². The standard InChI is InChI=1S/C32H40N4O4/c1-7-33-31-34-29(26-11-10-24(19-36(26)31)40-20-22-8-9-22)21(2)16-28(37)23-17-25(32(3,4)5)30(38-6)27(18-23)35-12-14-39-15-13-35/h7,10-11,17-19,22H,1-2,8-9,12-16,20H2,3-6H3,(H,33,34). The number of methoxy groups -OCH3 is 1. The number of Topliss-reactive ketones (excluding diaryl/α,β-unsaturated/α-hetero) is 1. The van der Waals surface area contributed by atoms with E-state index in [0.29, 0.717) is 41.9 Å². The molecule has 1 saturated heterocycles. The lowest BCUT2D eigenvalue weighted by molar-refractivity contribution is 0.0998. The lowest BCUT2D eigenvalue weighted by Crippen LogP contribution is -2.37. The highest BCUT2D eigenvalue weighted by Gasteiger charge is 2.28. The molecule has 3 aromatic rings. The molecule has 1 saturated carbocycles. The molecule has 1 aliphatic heterocycles. The molecule has 1 aromatic carbocycles. The average molecular weight is 545 g/mol. The van der Waals surface area contributed by atoms with Gasteiger partial charge < -0.3 is 24.4 Å². The van der Waals surface area contributed by atoms with Gasteiger partial charge in [-0.15, -0.1) is 0 Å². The van der Waals surface area contributed by atoms with Crippen LogP contribution >= 0.6 is 0 Å². The van der Waals surface area contributed by atoms with Gasteiger partial charge in [-0.1, -0.05) is 33.9 Å². The molecule has 8 nitrogen and oxygen atoms in total. The van der Waals surface area contributed by atoms with E-state index >= 15 is 0 Å². The molecule has 0 spiro atoms. The zero-order valence-corrected chi connectivity index (χ0v) is 24.1. The van der Waals surface area contributed by atoms with E-state index in [1.165, 1.54) is 12.8 Å². The molecule has 0 atom stereocenters. The molecule has 2 fully saturated rings. The van der Waals surface area contributed by atoms with Crippen molar-refractivity contribution >= 4 is 28.5 Å². The van der Waals surface area contributed by atoms with Gasteiger partial charge >= 0.3 is 0 Å². The highest BCUT2D eigenvalue weighted by atomic mass is 16.5. The predicted octanol–water partition coefficient (Wildman–Crippen LogP) is 6.11. The van der Waals surface area contributed by atoms with Gasteiger partial charge in [0, 0.05) is 30.6 Å². The van der Waals surface area contributed by atoms with Crippen LogP contribution in [0.15, 0.2) is 49.8 Å². The second-order valence-corrected chi connectivity index (χ2v) is 11.6. The van der Waals surface area contributed by atoms with Crippen LogP contribution in [-0.4, -0.2) is 55.2 Å². The van der Waals surface area contributed by atoms with Crippen LogP contribution < -0.4 is 19.7 Å². The molecular formula is C32H40N4O4. The van der Waals surface area contributed by atoms with Crippen molar-refractivity contribution in [3.63, 3.8) is 0 Å². The number of carbonyl (C=O) groups is 1. The van der Waals surface area contributed by atoms with Gasteiger partial charge in [0.25, 0.3) is 0 Å². The summed E-state index contributed by atoms with van der Waals surface area (Å²) < 4.78 is 19.4. The van der Waals surface area contributed by atoms with Gasteiger partial charge in [0.05, 0.1) is 50.0 Å². The van der Waals surface area contributed by atoms with Crippen LogP contribution in [-0.2, 0) is 10.2 Å². The van der Waals surface area contributed by atoms with E-state index < -0.39 is 0 Å². The summed E-state index contributed by atoms with van der Waals surface area (Å²) >= 11 is 0. The fraction of sp³-hybridized carbons (Fsp3) is 0.438. The molecule has 8 heteroatoms. The molecule has 0 bridgehead atoms. The zero-order chi connectivity index (χ0) is 28.4. The van der Waals surface area contributed by atoms with E-state index in [-0.39, 0.29) is 17.6 Å². The molecule has 3 heterocycles. The lowest BCUT2D eigenvalue weighted by Gasteiger charge is -2.33. The number of rotatable bonds is 11. The SMILES string of the molecule is C=CNc1nc(C(=C)CC(=O)c2cc(N3CCOCC3)c(OC)c(C(C)(C)C)c2)c2ccc(OCC3CC3)cn12. The Labute approximate surface area is 236 Å². The second kappa shape index (κ2) is 11.4. The Balaban J connectivity index is 1.45. The zero-order valence-electron chi connectivity index (χ0n) is 24.1. The van der Waals surface area contributed by atoms with Crippen LogP contribution in [0.2, 0.25) is 0 Å². The number of carbonyl (C=O) groups excluding carboxylic acids is 1. The van der Waals surface area contributed by atoms with Crippen molar-refractivity contribution in [2.24, 2.45) is 5.92 Å². The fourth-order valence-electron chi connectivity index (χ4n) is 5.07. The molecule has 5 rings (SSSR count). The average Bonchev–Trinajstić information content (AvgIpc) is 3.71. The summed E-state index contributed by atoms with van der Waals surface area (Å²) in [5.41, 5.74) is 4.51. The lowest BCUT2D eigenvalue weighted by atomic mass is 9.83. The van der Waals surface area contributed by atoms with Crippen LogP contribution in [0.4, 0.5) is 11.6 Å². The summed E-state index contributed by atoms with van der Waals surface area (Å²) in [5.74, 6) is 2.83. The monoisotopic (exact) mass is 544 g/mol. The van der Waals surface area contributed by atoms with Crippen LogP contribution in [0.25, 0.3) is 11.1 Å². The highest BCUT2D eigenvalue weighted by Crippen LogP contribution is 2.41. The Morgan fingerprint density at radius 2 is 1.98 bits per heavy atom. The highest BCUT2D eigenvalue weighted by molar-refractivity contribution is 6.04. The summed E-state index contributed by atoms with van der Waals surface area (Å²) in [6.45, 7) is 18.0. The quantitative estimate of drug-likeness (QED) is 0.292. The van der Waals surface area contributed by atoms with Crippen LogP contribution in [0, 0.1) is 5.92 Å². The van der Waals surface area contributed by atoms with Crippen molar-refractivity contribution in [2.75, 3.05) is 50.2 Å². The summed E-state index contributed by atoms with van der Waals surface area (Å²) in [6, 6.07) is 7.84. The molecule has 2 aliphatic rings. The first kappa shape index (κ1) is 27.8.